The Morgan fingerprint density at radius 2 is 1.64 bits per heavy atom. The van der Waals surface area contributed by atoms with Gasteiger partial charge in [0.1, 0.15) is 23.3 Å². The number of carboxylic acid groups (broad SMARTS) is 1. The van der Waals surface area contributed by atoms with E-state index < -0.39 is 29.8 Å². The van der Waals surface area contributed by atoms with E-state index in [0.29, 0.717) is 42.6 Å². The molecule has 3 aromatic rings. The maximum atomic E-state index is 13.5. The number of hydrogen-bond acceptors (Lipinski definition) is 8. The molecule has 1 atom stereocenters. The minimum absolute atomic E-state index is 0.0715. The number of nitrogens with one attached hydrogen (secondary N) is 1. The maximum absolute atomic E-state index is 13.5. The Kier molecular flexibility index (Phi) is 12.4. The largest absolute Gasteiger partial charge is 0.480 e. The fourth-order valence-corrected chi connectivity index (χ4v) is 4.46. The van der Waals surface area contributed by atoms with Crippen LogP contribution in [0.15, 0.2) is 54.7 Å². The van der Waals surface area contributed by atoms with E-state index in [0.717, 1.165) is 12.8 Å². The fraction of sp³-hybridized carbons (Fsp3) is 0.406. The highest BCUT2D eigenvalue weighted by molar-refractivity contribution is 6.07. The van der Waals surface area contributed by atoms with Crippen LogP contribution in [-0.2, 0) is 11.2 Å². The number of anilines is 3. The summed E-state index contributed by atoms with van der Waals surface area (Å²) >= 11 is 0. The Morgan fingerprint density at radius 1 is 0.977 bits per heavy atom. The number of unbranched alkanes of at least 4 members (excludes halogenated alkanes) is 1. The van der Waals surface area contributed by atoms with Gasteiger partial charge in [0.05, 0.1) is 6.20 Å². The van der Waals surface area contributed by atoms with Crippen LogP contribution in [-0.4, -0.2) is 77.2 Å². The van der Waals surface area contributed by atoms with Crippen LogP contribution in [0, 0.1) is 5.82 Å². The molecule has 0 saturated heterocycles. The van der Waals surface area contributed by atoms with Gasteiger partial charge in [-0.3, -0.25) is 4.79 Å². The summed E-state index contributed by atoms with van der Waals surface area (Å²) in [7, 11) is 1.68. The zero-order valence-electron chi connectivity index (χ0n) is 25.9. The third-order valence-electron chi connectivity index (χ3n) is 7.08. The molecule has 44 heavy (non-hydrogen) atoms. The topological polar surface area (TPSA) is 128 Å². The Morgan fingerprint density at radius 3 is 2.20 bits per heavy atom. The first-order valence-electron chi connectivity index (χ1n) is 14.8. The number of aliphatic carboxylic acids is 1. The molecule has 11 nitrogen and oxygen atoms in total. The van der Waals surface area contributed by atoms with Crippen LogP contribution in [0.5, 0.6) is 5.75 Å². The van der Waals surface area contributed by atoms with Gasteiger partial charge in [-0.1, -0.05) is 25.5 Å². The summed E-state index contributed by atoms with van der Waals surface area (Å²) in [6.07, 6.45) is 2.93. The second-order valence-electron chi connectivity index (χ2n) is 10.2. The molecule has 0 radical (unpaired) electrons. The SMILES string of the molecule is CCCCN(C)C(=O)Oc1ccc(C[C@H](Nc2nc(N(CC)CC)ncc2N(CC)C(=O)c2ccc(F)cc2)C(=O)O)cc1. The second-order valence-corrected chi connectivity index (χ2v) is 10.2. The Labute approximate surface area is 257 Å². The molecule has 2 N–H and O–H groups in total. The average molecular weight is 609 g/mol. The monoisotopic (exact) mass is 608 g/mol. The summed E-state index contributed by atoms with van der Waals surface area (Å²) in [5, 5.41) is 13.2. The first-order chi connectivity index (χ1) is 21.1. The summed E-state index contributed by atoms with van der Waals surface area (Å²) < 4.78 is 18.9. The predicted octanol–water partition coefficient (Wildman–Crippen LogP) is 5.47. The molecule has 3 rings (SSSR count). The van der Waals surface area contributed by atoms with E-state index in [9.17, 15) is 23.9 Å². The van der Waals surface area contributed by atoms with Crippen LogP contribution >= 0.6 is 0 Å². The van der Waals surface area contributed by atoms with E-state index in [1.54, 1.807) is 38.2 Å². The van der Waals surface area contributed by atoms with Crippen LogP contribution in [0.4, 0.5) is 26.6 Å². The molecule has 2 amide bonds. The van der Waals surface area contributed by atoms with Crippen LogP contribution in [0.25, 0.3) is 0 Å². The minimum Gasteiger partial charge on any atom is -0.480 e. The number of nitrogens with zero attached hydrogens (tertiary/aromatic N) is 5. The quantitative estimate of drug-likeness (QED) is 0.231. The van der Waals surface area contributed by atoms with Crippen molar-refractivity contribution in [3.63, 3.8) is 0 Å². The van der Waals surface area contributed by atoms with Crippen molar-refractivity contribution in [2.75, 3.05) is 48.3 Å². The van der Waals surface area contributed by atoms with Gasteiger partial charge in [0, 0.05) is 45.2 Å². The number of carbonyl (C=O) groups is 3. The fourth-order valence-electron chi connectivity index (χ4n) is 4.46. The molecule has 1 aromatic heterocycles. The number of hydrogen-bond donors (Lipinski definition) is 2. The van der Waals surface area contributed by atoms with Crippen LogP contribution in [0.3, 0.4) is 0 Å². The molecule has 12 heteroatoms. The average Bonchev–Trinajstić information content (AvgIpc) is 3.02. The number of aromatic nitrogens is 2. The summed E-state index contributed by atoms with van der Waals surface area (Å²) in [6.45, 7) is 9.77. The number of benzene rings is 2. The summed E-state index contributed by atoms with van der Waals surface area (Å²) in [5.41, 5.74) is 1.23. The molecule has 0 saturated carbocycles. The third kappa shape index (κ3) is 8.88. The van der Waals surface area contributed by atoms with Gasteiger partial charge in [-0.2, -0.15) is 4.98 Å². The molecule has 0 spiro atoms. The summed E-state index contributed by atoms with van der Waals surface area (Å²) in [5.74, 6) is -1.10. The second kappa shape index (κ2) is 16.2. The first kappa shape index (κ1) is 33.8. The normalized spacial score (nSPS) is 11.4. The number of ether oxygens (including phenoxy) is 1. The predicted molar refractivity (Wildman–Crippen MR) is 168 cm³/mol. The van der Waals surface area contributed by atoms with Gasteiger partial charge in [-0.25, -0.2) is 19.0 Å². The van der Waals surface area contributed by atoms with Crippen molar-refractivity contribution in [3.8, 4) is 5.75 Å². The van der Waals surface area contributed by atoms with Crippen LogP contribution < -0.4 is 19.9 Å². The van der Waals surface area contributed by atoms with Gasteiger partial charge in [0.2, 0.25) is 5.95 Å². The zero-order chi connectivity index (χ0) is 32.2. The van der Waals surface area contributed by atoms with E-state index in [1.165, 1.54) is 40.3 Å². The number of carbonyl (C=O) groups excluding carboxylic acids is 2. The van der Waals surface area contributed by atoms with Crippen LogP contribution in [0.2, 0.25) is 0 Å². The van der Waals surface area contributed by atoms with Crippen LogP contribution in [0.1, 0.15) is 56.5 Å². The van der Waals surface area contributed by atoms with Gasteiger partial charge < -0.3 is 29.9 Å². The Balaban J connectivity index is 1.89. The van der Waals surface area contributed by atoms with Crippen molar-refractivity contribution in [2.45, 2.75) is 53.0 Å². The molecular formula is C32H41FN6O5. The third-order valence-corrected chi connectivity index (χ3v) is 7.08. The standard InChI is InChI=1S/C32H41FN6O5/c1-6-10-19-37(5)32(43)44-25-17-11-22(12-18-25)20-26(30(41)42)35-28-27(21-34-31(36-28)38(7-2)8-3)39(9-4)29(40)23-13-15-24(33)16-14-23/h11-18,21,26H,6-10,19-20H2,1-5H3,(H,41,42)(H,34,35,36)/t26-/m0/s1. The molecule has 0 aliphatic carbocycles. The van der Waals surface area contributed by atoms with E-state index in [-0.39, 0.29) is 24.3 Å². The zero-order valence-corrected chi connectivity index (χ0v) is 25.9. The van der Waals surface area contributed by atoms with Crippen molar-refractivity contribution in [1.82, 2.24) is 14.9 Å². The van der Waals surface area contributed by atoms with E-state index in [4.69, 9.17) is 4.74 Å². The van der Waals surface area contributed by atoms with Crippen molar-refractivity contribution < 1.29 is 28.6 Å². The van der Waals surface area contributed by atoms with Gasteiger partial charge in [0.15, 0.2) is 5.82 Å². The molecule has 236 valence electrons. The molecule has 0 unspecified atom stereocenters. The minimum atomic E-state index is -1.13. The molecule has 2 aromatic carbocycles. The Hall–Kier alpha value is -4.74. The van der Waals surface area contributed by atoms with Crippen molar-refractivity contribution >= 4 is 35.4 Å². The van der Waals surface area contributed by atoms with Crippen molar-refractivity contribution in [1.29, 1.82) is 0 Å². The molecule has 0 aliphatic rings. The highest BCUT2D eigenvalue weighted by atomic mass is 19.1. The van der Waals surface area contributed by atoms with E-state index >= 15 is 0 Å². The van der Waals surface area contributed by atoms with Crippen molar-refractivity contribution in [2.24, 2.45) is 0 Å². The lowest BCUT2D eigenvalue weighted by atomic mass is 10.1. The molecule has 1 heterocycles. The molecule has 0 aliphatic heterocycles. The van der Waals surface area contributed by atoms with E-state index in [1.807, 2.05) is 25.7 Å². The van der Waals surface area contributed by atoms with Gasteiger partial charge >= 0.3 is 12.1 Å². The molecule has 0 fully saturated rings. The van der Waals surface area contributed by atoms with Gasteiger partial charge in [-0.15, -0.1) is 0 Å². The van der Waals surface area contributed by atoms with Gasteiger partial charge in [0.25, 0.3) is 5.91 Å². The number of amides is 2. The lowest BCUT2D eigenvalue weighted by molar-refractivity contribution is -0.137. The smallest absolute Gasteiger partial charge is 0.414 e. The van der Waals surface area contributed by atoms with Gasteiger partial charge in [-0.05, 0) is 69.2 Å². The number of halogens is 1. The summed E-state index contributed by atoms with van der Waals surface area (Å²) in [4.78, 5) is 52.1. The first-order valence-corrected chi connectivity index (χ1v) is 14.8. The highest BCUT2D eigenvalue weighted by Crippen LogP contribution is 2.28. The van der Waals surface area contributed by atoms with E-state index in [2.05, 4.69) is 15.3 Å². The molecule has 0 bridgehead atoms. The highest BCUT2D eigenvalue weighted by Gasteiger charge is 2.26. The summed E-state index contributed by atoms with van der Waals surface area (Å²) in [6, 6.07) is 10.7. The Bertz CT molecular complexity index is 1400. The van der Waals surface area contributed by atoms with Crippen molar-refractivity contribution in [3.05, 3.63) is 71.7 Å². The lowest BCUT2D eigenvalue weighted by Crippen LogP contribution is -2.36. The maximum Gasteiger partial charge on any atom is 0.414 e. The lowest BCUT2D eigenvalue weighted by Gasteiger charge is -2.27. The number of carboxylic acids is 1. The molecular weight excluding hydrogens is 567 g/mol. The number of rotatable bonds is 15.